The highest BCUT2D eigenvalue weighted by Gasteiger charge is 2.41. The molecule has 0 unspecified atom stereocenters. The molecule has 13 heteroatoms. The number of amides is 4. The summed E-state index contributed by atoms with van der Waals surface area (Å²) in [6, 6.07) is 7.72. The second kappa shape index (κ2) is 18.5. The molecule has 0 radical (unpaired) electrons. The number of nitrogens with zero attached hydrogens (tertiary/aromatic N) is 3. The summed E-state index contributed by atoms with van der Waals surface area (Å²) in [4.78, 5) is 63.8. The Labute approximate surface area is 283 Å². The first-order valence-electron chi connectivity index (χ1n) is 17.2. The van der Waals surface area contributed by atoms with Gasteiger partial charge in [0.05, 0.1) is 31.4 Å². The molecule has 5 atom stereocenters. The second-order valence-electron chi connectivity index (χ2n) is 13.0. The molecule has 1 saturated heterocycles. The Hall–Kier alpha value is -3.97. The van der Waals surface area contributed by atoms with Gasteiger partial charge >= 0.3 is 6.09 Å². The number of ether oxygens (including phenoxy) is 2. The molecule has 1 aliphatic heterocycles. The van der Waals surface area contributed by atoms with Crippen LogP contribution in [-0.4, -0.2) is 113 Å². The summed E-state index contributed by atoms with van der Waals surface area (Å²) in [5, 5.41) is 17.5. The molecule has 13 nitrogen and oxygen atoms in total. The molecule has 4 rings (SSSR count). The molecule has 4 N–H and O–H groups in total. The Balaban J connectivity index is 1.54. The maximum atomic E-state index is 14.1. The topological polar surface area (TPSA) is 166 Å². The van der Waals surface area contributed by atoms with Gasteiger partial charge in [-0.1, -0.05) is 62.4 Å². The minimum atomic E-state index is -1.13. The van der Waals surface area contributed by atoms with Crippen molar-refractivity contribution < 1.29 is 33.8 Å². The van der Waals surface area contributed by atoms with E-state index in [0.29, 0.717) is 44.1 Å². The highest BCUT2D eigenvalue weighted by Crippen LogP contribution is 2.29. The predicted molar refractivity (Wildman–Crippen MR) is 179 cm³/mol. The van der Waals surface area contributed by atoms with Crippen molar-refractivity contribution in [1.29, 1.82) is 0 Å². The third kappa shape index (κ3) is 10.8. The minimum absolute atomic E-state index is 0.0522. The highest BCUT2D eigenvalue weighted by molar-refractivity contribution is 5.91. The fourth-order valence-corrected chi connectivity index (χ4v) is 6.57. The number of carbonyl (C=O) groups excluding carboxylic acids is 4. The van der Waals surface area contributed by atoms with E-state index in [9.17, 15) is 24.3 Å². The maximum Gasteiger partial charge on any atom is 0.410 e. The number of likely N-dealkylation sites (N-methyl/N-ethyl adjacent to an activating group) is 2. The number of hydrogen-bond acceptors (Lipinski definition) is 8. The van der Waals surface area contributed by atoms with E-state index in [1.165, 1.54) is 16.1 Å². The first-order chi connectivity index (χ1) is 23.2. The van der Waals surface area contributed by atoms with Gasteiger partial charge in [-0.2, -0.15) is 0 Å². The van der Waals surface area contributed by atoms with Crippen molar-refractivity contribution in [2.75, 3.05) is 40.4 Å². The van der Waals surface area contributed by atoms with Gasteiger partial charge < -0.3 is 40.0 Å². The number of benzene rings is 1. The fraction of sp³-hybridized carbons (Fsp3) is 0.629. The van der Waals surface area contributed by atoms with Crippen LogP contribution in [0.2, 0.25) is 0 Å². The van der Waals surface area contributed by atoms with Crippen LogP contribution >= 0.6 is 0 Å². The average Bonchev–Trinajstić information content (AvgIpc) is 3.75. The van der Waals surface area contributed by atoms with Gasteiger partial charge in [-0.15, -0.1) is 0 Å². The Morgan fingerprint density at radius 2 is 1.88 bits per heavy atom. The van der Waals surface area contributed by atoms with Crippen LogP contribution in [0.5, 0.6) is 0 Å². The van der Waals surface area contributed by atoms with Crippen LogP contribution in [0.15, 0.2) is 42.9 Å². The molecular formula is C35H52N6O7. The standard InChI is InChI=1S/C35H52N6O7/c1-4-41-22-30(48-35(41)46)32(43)28(18-25-13-9-6-10-14-25)38-34(45)29(20-27-21-36-23-37-27)39-33(44)26(17-24-11-7-5-8-12-24)19-31(42)40(2)15-16-47-3/h5,7-8,11-12,21,23,25-26,28-30,32,43H,4,6,9-10,13-20,22H2,1-3H3,(H,36,37)(H,38,45)(H,39,44)/t26-,28-,29-,30-,32+/m0/s1. The first kappa shape index (κ1) is 36.9. The van der Waals surface area contributed by atoms with E-state index in [2.05, 4.69) is 20.6 Å². The van der Waals surface area contributed by atoms with E-state index in [1.807, 2.05) is 37.3 Å². The SMILES string of the molecule is CCN1C[C@@H]([C@H](O)[C@H](CC2CCCCC2)NC(=O)[C@H](Cc2cnc[nH]2)NC(=O)[C@H](CC(=O)N(C)CCOC)Cc2ccccc2)OC1=O. The molecule has 2 fully saturated rings. The number of aromatic amines is 1. The van der Waals surface area contributed by atoms with E-state index in [-0.39, 0.29) is 25.3 Å². The van der Waals surface area contributed by atoms with Crippen molar-refractivity contribution in [2.45, 2.75) is 89.0 Å². The summed E-state index contributed by atoms with van der Waals surface area (Å²) in [6.45, 7) is 3.28. The van der Waals surface area contributed by atoms with E-state index >= 15 is 0 Å². The monoisotopic (exact) mass is 668 g/mol. The number of carbonyl (C=O) groups is 4. The van der Waals surface area contributed by atoms with Crippen molar-refractivity contribution in [3.05, 3.63) is 54.1 Å². The van der Waals surface area contributed by atoms with Gasteiger partial charge in [0.1, 0.15) is 18.2 Å². The van der Waals surface area contributed by atoms with Gasteiger partial charge in [0, 0.05) is 52.0 Å². The smallest absolute Gasteiger partial charge is 0.410 e. The average molecular weight is 669 g/mol. The van der Waals surface area contributed by atoms with Gasteiger partial charge in [0.2, 0.25) is 17.7 Å². The molecule has 1 aromatic heterocycles. The maximum absolute atomic E-state index is 14.1. The lowest BCUT2D eigenvalue weighted by molar-refractivity contribution is -0.137. The molecule has 2 aromatic rings. The van der Waals surface area contributed by atoms with Crippen LogP contribution in [0.4, 0.5) is 4.79 Å². The zero-order valence-electron chi connectivity index (χ0n) is 28.4. The lowest BCUT2D eigenvalue weighted by Crippen LogP contribution is -2.57. The molecule has 48 heavy (non-hydrogen) atoms. The number of H-pyrrole nitrogens is 1. The quantitative estimate of drug-likeness (QED) is 0.188. The Kier molecular flexibility index (Phi) is 14.2. The molecule has 0 spiro atoms. The summed E-state index contributed by atoms with van der Waals surface area (Å²) in [5.41, 5.74) is 1.53. The summed E-state index contributed by atoms with van der Waals surface area (Å²) in [5.74, 6) is -1.56. The number of nitrogens with one attached hydrogen (secondary N) is 3. The fourth-order valence-electron chi connectivity index (χ4n) is 6.57. The number of hydrogen-bond donors (Lipinski definition) is 4. The molecule has 4 amide bonds. The van der Waals surface area contributed by atoms with Gasteiger partial charge in [0.25, 0.3) is 0 Å². The Bertz CT molecular complexity index is 1300. The van der Waals surface area contributed by atoms with Crippen LogP contribution in [-0.2, 0) is 36.7 Å². The molecule has 1 saturated carbocycles. The minimum Gasteiger partial charge on any atom is -0.441 e. The molecule has 264 valence electrons. The van der Waals surface area contributed by atoms with Gasteiger partial charge in [0.15, 0.2) is 0 Å². The molecule has 1 aromatic carbocycles. The number of aliphatic hydroxyl groups is 1. The van der Waals surface area contributed by atoms with Crippen molar-refractivity contribution in [2.24, 2.45) is 11.8 Å². The Morgan fingerprint density at radius 1 is 1.12 bits per heavy atom. The lowest BCUT2D eigenvalue weighted by atomic mass is 9.83. The van der Waals surface area contributed by atoms with Crippen molar-refractivity contribution in [3.8, 4) is 0 Å². The zero-order chi connectivity index (χ0) is 34.5. The molecular weight excluding hydrogens is 616 g/mol. The number of cyclic esters (lactones) is 1. The number of methoxy groups -OCH3 is 1. The lowest BCUT2D eigenvalue weighted by Gasteiger charge is -2.33. The first-order valence-corrected chi connectivity index (χ1v) is 17.2. The van der Waals surface area contributed by atoms with Crippen LogP contribution in [0.3, 0.4) is 0 Å². The Morgan fingerprint density at radius 3 is 2.52 bits per heavy atom. The van der Waals surface area contributed by atoms with E-state index < -0.39 is 48.1 Å². The summed E-state index contributed by atoms with van der Waals surface area (Å²) >= 11 is 0. The predicted octanol–water partition coefficient (Wildman–Crippen LogP) is 2.45. The number of rotatable bonds is 18. The van der Waals surface area contributed by atoms with Crippen LogP contribution in [0.25, 0.3) is 0 Å². The van der Waals surface area contributed by atoms with E-state index in [1.54, 1.807) is 20.4 Å². The third-order valence-corrected chi connectivity index (χ3v) is 9.51. The van der Waals surface area contributed by atoms with Crippen LogP contribution < -0.4 is 10.6 Å². The van der Waals surface area contributed by atoms with Crippen LogP contribution in [0, 0.1) is 11.8 Å². The molecule has 2 heterocycles. The second-order valence-corrected chi connectivity index (χ2v) is 13.0. The molecule has 1 aliphatic carbocycles. The van der Waals surface area contributed by atoms with Crippen molar-refractivity contribution in [1.82, 2.24) is 30.4 Å². The molecule has 0 bridgehead atoms. The summed E-state index contributed by atoms with van der Waals surface area (Å²) in [7, 11) is 3.24. The largest absolute Gasteiger partial charge is 0.441 e. The zero-order valence-corrected chi connectivity index (χ0v) is 28.4. The normalized spacial score (nSPS) is 19.2. The summed E-state index contributed by atoms with van der Waals surface area (Å²) < 4.78 is 10.6. The van der Waals surface area contributed by atoms with Crippen LogP contribution in [0.1, 0.15) is 63.1 Å². The number of imidazole rings is 1. The van der Waals surface area contributed by atoms with Gasteiger partial charge in [-0.3, -0.25) is 14.4 Å². The number of aliphatic hydroxyl groups excluding tert-OH is 1. The van der Waals surface area contributed by atoms with Crippen molar-refractivity contribution >= 4 is 23.8 Å². The highest BCUT2D eigenvalue weighted by atomic mass is 16.6. The molecule has 2 aliphatic rings. The van der Waals surface area contributed by atoms with E-state index in [0.717, 1.165) is 37.7 Å². The van der Waals surface area contributed by atoms with Gasteiger partial charge in [-0.25, -0.2) is 9.78 Å². The summed E-state index contributed by atoms with van der Waals surface area (Å²) in [6.07, 6.45) is 6.90. The van der Waals surface area contributed by atoms with E-state index in [4.69, 9.17) is 9.47 Å². The van der Waals surface area contributed by atoms with Crippen molar-refractivity contribution in [3.63, 3.8) is 0 Å². The number of aromatic nitrogens is 2. The third-order valence-electron chi connectivity index (χ3n) is 9.51. The van der Waals surface area contributed by atoms with Gasteiger partial charge in [-0.05, 0) is 31.2 Å².